The van der Waals surface area contributed by atoms with Crippen molar-refractivity contribution in [3.8, 4) is 23.0 Å². The van der Waals surface area contributed by atoms with Crippen LogP contribution in [0.3, 0.4) is 0 Å². The second-order valence-electron chi connectivity index (χ2n) is 8.74. The molecule has 5 rings (SSSR count). The van der Waals surface area contributed by atoms with Gasteiger partial charge in [-0.15, -0.1) is 0 Å². The van der Waals surface area contributed by atoms with E-state index < -0.39 is 38.8 Å². The molecule has 38 heavy (non-hydrogen) atoms. The second-order valence-corrected chi connectivity index (χ2v) is 10.3. The molecule has 2 aliphatic rings. The van der Waals surface area contributed by atoms with Gasteiger partial charge in [-0.25, -0.2) is 0 Å². The standard InChI is InChI=1S/C27H23F3O7S/c1-33-18-11-9-17(10-12-18)26-20(24-21(35-3)13-19(34-2)14-22(24)36-26)15-23(37-38(31,32)27(28,29)30)25(26)16-7-5-4-6-8-16/h4-15,20,25H,1-3H3/t20-,25+,26+/m0/s1. The van der Waals surface area contributed by atoms with Crippen molar-refractivity contribution in [2.24, 2.45) is 0 Å². The molecule has 11 heteroatoms. The molecule has 0 unspecified atom stereocenters. The summed E-state index contributed by atoms with van der Waals surface area (Å²) in [5, 5.41) is 0. The van der Waals surface area contributed by atoms with Gasteiger partial charge in [0.25, 0.3) is 0 Å². The molecule has 0 bridgehead atoms. The summed E-state index contributed by atoms with van der Waals surface area (Å²) in [5.41, 5.74) is -5.47. The van der Waals surface area contributed by atoms with E-state index in [4.69, 9.17) is 23.1 Å². The van der Waals surface area contributed by atoms with Crippen LogP contribution in [0, 0.1) is 0 Å². The van der Waals surface area contributed by atoms with Gasteiger partial charge in [0.05, 0.1) is 33.2 Å². The first-order valence-electron chi connectivity index (χ1n) is 11.4. The molecule has 3 aromatic carbocycles. The fraction of sp³-hybridized carbons (Fsp3) is 0.259. The average molecular weight is 549 g/mol. The molecule has 7 nitrogen and oxygen atoms in total. The maximum absolute atomic E-state index is 13.4. The van der Waals surface area contributed by atoms with Crippen LogP contribution >= 0.6 is 0 Å². The zero-order valence-electron chi connectivity index (χ0n) is 20.5. The summed E-state index contributed by atoms with van der Waals surface area (Å²) < 4.78 is 92.4. The number of hydrogen-bond acceptors (Lipinski definition) is 7. The minimum atomic E-state index is -5.97. The minimum absolute atomic E-state index is 0.364. The Morgan fingerprint density at radius 2 is 1.53 bits per heavy atom. The topological polar surface area (TPSA) is 80.3 Å². The predicted molar refractivity (Wildman–Crippen MR) is 131 cm³/mol. The van der Waals surface area contributed by atoms with Gasteiger partial charge in [0.2, 0.25) is 0 Å². The Morgan fingerprint density at radius 3 is 2.11 bits per heavy atom. The lowest BCUT2D eigenvalue weighted by molar-refractivity contribution is -0.0530. The van der Waals surface area contributed by atoms with Crippen molar-refractivity contribution in [1.82, 2.24) is 0 Å². The summed E-state index contributed by atoms with van der Waals surface area (Å²) in [5.74, 6) is -0.521. The van der Waals surface area contributed by atoms with Crippen molar-refractivity contribution in [1.29, 1.82) is 0 Å². The Morgan fingerprint density at radius 1 is 0.868 bits per heavy atom. The summed E-state index contributed by atoms with van der Waals surface area (Å²) in [6.45, 7) is 0. The van der Waals surface area contributed by atoms with Crippen LogP contribution in [-0.2, 0) is 19.9 Å². The van der Waals surface area contributed by atoms with Crippen LogP contribution in [0.15, 0.2) is 78.6 Å². The maximum Gasteiger partial charge on any atom is 0.534 e. The van der Waals surface area contributed by atoms with Gasteiger partial charge in [-0.1, -0.05) is 42.5 Å². The molecule has 0 amide bonds. The van der Waals surface area contributed by atoms with E-state index in [2.05, 4.69) is 0 Å². The number of rotatable bonds is 7. The van der Waals surface area contributed by atoms with Crippen molar-refractivity contribution in [2.75, 3.05) is 21.3 Å². The summed E-state index contributed by atoms with van der Waals surface area (Å²) in [7, 11) is -1.54. The van der Waals surface area contributed by atoms with Gasteiger partial charge in [0, 0.05) is 17.7 Å². The Labute approximate surface area is 217 Å². The highest BCUT2D eigenvalue weighted by Crippen LogP contribution is 2.66. The zero-order valence-corrected chi connectivity index (χ0v) is 21.3. The van der Waals surface area contributed by atoms with Crippen LogP contribution in [0.5, 0.6) is 23.0 Å². The van der Waals surface area contributed by atoms with Crippen LogP contribution in [0.25, 0.3) is 0 Å². The minimum Gasteiger partial charge on any atom is -0.497 e. The molecular weight excluding hydrogens is 525 g/mol. The average Bonchev–Trinajstić information content (AvgIpc) is 3.38. The monoisotopic (exact) mass is 548 g/mol. The number of hydrogen-bond donors (Lipinski definition) is 0. The highest BCUT2D eigenvalue weighted by atomic mass is 32.2. The summed E-state index contributed by atoms with van der Waals surface area (Å²) in [6.07, 6.45) is 1.37. The van der Waals surface area contributed by atoms with Crippen LogP contribution in [-0.4, -0.2) is 35.3 Å². The highest BCUT2D eigenvalue weighted by molar-refractivity contribution is 7.87. The third kappa shape index (κ3) is 3.92. The number of ether oxygens (including phenoxy) is 4. The van der Waals surface area contributed by atoms with Gasteiger partial charge in [-0.3, -0.25) is 0 Å². The Balaban J connectivity index is 1.80. The normalized spacial score (nSPS) is 22.1. The predicted octanol–water partition coefficient (Wildman–Crippen LogP) is 5.63. The molecule has 3 atom stereocenters. The molecule has 0 aromatic heterocycles. The van der Waals surface area contributed by atoms with Gasteiger partial charge >= 0.3 is 15.6 Å². The Hall–Kier alpha value is -3.86. The molecule has 1 aliphatic heterocycles. The van der Waals surface area contributed by atoms with Gasteiger partial charge in [0.15, 0.2) is 5.60 Å². The number of methoxy groups -OCH3 is 3. The second kappa shape index (κ2) is 9.16. The molecule has 0 saturated heterocycles. The molecule has 0 N–H and O–H groups in total. The fourth-order valence-corrected chi connectivity index (χ4v) is 5.70. The molecule has 200 valence electrons. The van der Waals surface area contributed by atoms with Crippen molar-refractivity contribution >= 4 is 10.1 Å². The van der Waals surface area contributed by atoms with E-state index in [9.17, 15) is 21.6 Å². The van der Waals surface area contributed by atoms with Crippen molar-refractivity contribution < 1.29 is 44.7 Å². The number of fused-ring (bicyclic) bond motifs is 3. The smallest absolute Gasteiger partial charge is 0.497 e. The van der Waals surface area contributed by atoms with E-state index in [-0.39, 0.29) is 0 Å². The fourth-order valence-electron chi connectivity index (χ4n) is 5.20. The maximum atomic E-state index is 13.4. The van der Waals surface area contributed by atoms with Gasteiger partial charge < -0.3 is 23.1 Å². The van der Waals surface area contributed by atoms with Crippen LogP contribution in [0.2, 0.25) is 0 Å². The lowest BCUT2D eigenvalue weighted by Gasteiger charge is -2.37. The van der Waals surface area contributed by atoms with Crippen molar-refractivity contribution in [3.63, 3.8) is 0 Å². The first-order valence-corrected chi connectivity index (χ1v) is 12.8. The van der Waals surface area contributed by atoms with E-state index in [1.165, 1.54) is 27.4 Å². The first-order chi connectivity index (χ1) is 18.1. The van der Waals surface area contributed by atoms with Crippen molar-refractivity contribution in [3.05, 3.63) is 95.3 Å². The van der Waals surface area contributed by atoms with Gasteiger partial charge in [-0.2, -0.15) is 21.6 Å². The highest BCUT2D eigenvalue weighted by Gasteiger charge is 2.63. The lowest BCUT2D eigenvalue weighted by atomic mass is 9.73. The molecular formula is C27H23F3O7S. The van der Waals surface area contributed by atoms with E-state index in [1.807, 2.05) is 0 Å². The number of halogens is 3. The summed E-state index contributed by atoms with van der Waals surface area (Å²) >= 11 is 0. The molecule has 0 radical (unpaired) electrons. The quantitative estimate of drug-likeness (QED) is 0.280. The number of alkyl halides is 3. The largest absolute Gasteiger partial charge is 0.534 e. The van der Waals surface area contributed by atoms with Crippen molar-refractivity contribution in [2.45, 2.75) is 22.9 Å². The van der Waals surface area contributed by atoms with E-state index in [0.717, 1.165) is 0 Å². The third-order valence-corrected chi connectivity index (χ3v) is 7.77. The lowest BCUT2D eigenvalue weighted by Crippen LogP contribution is -2.39. The summed E-state index contributed by atoms with van der Waals surface area (Å²) in [6, 6.07) is 18.6. The first kappa shape index (κ1) is 25.8. The van der Waals surface area contributed by atoms with E-state index >= 15 is 0 Å². The SMILES string of the molecule is COc1ccc([C@@]23Oc4cc(OC)cc(OC)c4[C@@H]2C=C(OS(=O)(=O)C(F)(F)F)[C@H]3c2ccccc2)cc1. The molecule has 1 aliphatic carbocycles. The Bertz CT molecular complexity index is 1490. The van der Waals surface area contributed by atoms with Gasteiger partial charge in [-0.05, 0) is 29.3 Å². The van der Waals surface area contributed by atoms with E-state index in [0.29, 0.717) is 39.7 Å². The Kier molecular flexibility index (Phi) is 6.21. The molecule has 0 spiro atoms. The number of benzene rings is 3. The van der Waals surface area contributed by atoms with Crippen LogP contribution < -0.4 is 18.9 Å². The zero-order chi connectivity index (χ0) is 27.3. The molecule has 3 aromatic rings. The van der Waals surface area contributed by atoms with Crippen LogP contribution in [0.1, 0.15) is 28.5 Å². The molecule has 0 saturated carbocycles. The molecule has 1 heterocycles. The summed E-state index contributed by atoms with van der Waals surface area (Å²) in [4.78, 5) is 0. The van der Waals surface area contributed by atoms with Gasteiger partial charge in [0.1, 0.15) is 28.8 Å². The van der Waals surface area contributed by atoms with E-state index in [1.54, 1.807) is 66.7 Å². The van der Waals surface area contributed by atoms with Crippen LogP contribution in [0.4, 0.5) is 13.2 Å². The third-order valence-electron chi connectivity index (χ3n) is 6.79. The molecule has 0 fully saturated rings.